The second-order valence-corrected chi connectivity index (χ2v) is 5.20. The molecule has 0 bridgehead atoms. The quantitative estimate of drug-likeness (QED) is 0.893. The molecule has 1 atom stereocenters. The molecule has 2 aromatic carbocycles. The first-order valence-corrected chi connectivity index (χ1v) is 7.12. The molecule has 5 heteroatoms. The molecule has 3 rings (SSSR count). The fourth-order valence-corrected chi connectivity index (χ4v) is 2.65. The van der Waals surface area contributed by atoms with Crippen LogP contribution in [-0.2, 0) is 4.74 Å². The normalized spacial score (nSPS) is 18.2. The van der Waals surface area contributed by atoms with Gasteiger partial charge in [-0.15, -0.1) is 0 Å². The number of carbonyl (C=O) groups is 1. The van der Waals surface area contributed by atoms with E-state index in [0.717, 1.165) is 5.56 Å². The average molecular weight is 299 g/mol. The summed E-state index contributed by atoms with van der Waals surface area (Å²) in [6.45, 7) is 1.35. The largest absolute Gasteiger partial charge is 0.508 e. The smallest absolute Gasteiger partial charge is 0.258 e. The fourth-order valence-electron chi connectivity index (χ4n) is 2.65. The van der Waals surface area contributed by atoms with Gasteiger partial charge in [-0.1, -0.05) is 30.3 Å². The molecule has 22 heavy (non-hydrogen) atoms. The van der Waals surface area contributed by atoms with Gasteiger partial charge in [0, 0.05) is 12.6 Å². The number of phenols is 2. The molecular weight excluding hydrogens is 282 g/mol. The Labute approximate surface area is 128 Å². The molecule has 2 aromatic rings. The third-order valence-corrected chi connectivity index (χ3v) is 3.79. The van der Waals surface area contributed by atoms with Crippen LogP contribution < -0.4 is 0 Å². The van der Waals surface area contributed by atoms with E-state index in [1.807, 2.05) is 30.3 Å². The van der Waals surface area contributed by atoms with Crippen molar-refractivity contribution in [1.29, 1.82) is 0 Å². The van der Waals surface area contributed by atoms with Crippen LogP contribution in [0.15, 0.2) is 48.5 Å². The predicted molar refractivity (Wildman–Crippen MR) is 80.8 cm³/mol. The average Bonchev–Trinajstić information content (AvgIpc) is 2.55. The van der Waals surface area contributed by atoms with E-state index in [1.54, 1.807) is 4.90 Å². The second kappa shape index (κ2) is 6.07. The number of hydrogen-bond acceptors (Lipinski definition) is 4. The van der Waals surface area contributed by atoms with Crippen LogP contribution in [0.1, 0.15) is 22.0 Å². The minimum atomic E-state index is -0.269. The van der Waals surface area contributed by atoms with Crippen LogP contribution in [0.4, 0.5) is 0 Å². The summed E-state index contributed by atoms with van der Waals surface area (Å²) in [4.78, 5) is 14.4. The molecule has 0 saturated carbocycles. The van der Waals surface area contributed by atoms with Gasteiger partial charge in [0.15, 0.2) is 0 Å². The molecule has 0 unspecified atom stereocenters. The number of hydrogen-bond donors (Lipinski definition) is 2. The van der Waals surface area contributed by atoms with Crippen molar-refractivity contribution in [3.05, 3.63) is 59.7 Å². The summed E-state index contributed by atoms with van der Waals surface area (Å²) < 4.78 is 5.51. The van der Waals surface area contributed by atoms with E-state index in [-0.39, 0.29) is 29.0 Å². The SMILES string of the molecule is O=C(c1ccc(O)cc1O)N1CCOC[C@@H]1c1ccccc1. The van der Waals surface area contributed by atoms with E-state index in [9.17, 15) is 15.0 Å². The highest BCUT2D eigenvalue weighted by Crippen LogP contribution is 2.29. The molecule has 0 spiro atoms. The Bertz CT molecular complexity index is 672. The molecule has 1 heterocycles. The first-order chi connectivity index (χ1) is 10.7. The van der Waals surface area contributed by atoms with Crippen LogP contribution >= 0.6 is 0 Å². The van der Waals surface area contributed by atoms with E-state index in [2.05, 4.69) is 0 Å². The number of morpholine rings is 1. The van der Waals surface area contributed by atoms with Crippen molar-refractivity contribution in [2.45, 2.75) is 6.04 Å². The molecule has 2 N–H and O–H groups in total. The summed E-state index contributed by atoms with van der Waals surface area (Å²) >= 11 is 0. The maximum atomic E-state index is 12.7. The van der Waals surface area contributed by atoms with Gasteiger partial charge >= 0.3 is 0 Å². The van der Waals surface area contributed by atoms with Crippen molar-refractivity contribution >= 4 is 5.91 Å². The van der Waals surface area contributed by atoms with E-state index in [1.165, 1.54) is 18.2 Å². The third kappa shape index (κ3) is 2.76. The molecule has 1 fully saturated rings. The van der Waals surface area contributed by atoms with Gasteiger partial charge in [-0.3, -0.25) is 4.79 Å². The number of nitrogens with zero attached hydrogens (tertiary/aromatic N) is 1. The van der Waals surface area contributed by atoms with Gasteiger partial charge in [0.05, 0.1) is 24.8 Å². The zero-order chi connectivity index (χ0) is 15.5. The third-order valence-electron chi connectivity index (χ3n) is 3.79. The maximum absolute atomic E-state index is 12.7. The van der Waals surface area contributed by atoms with Crippen molar-refractivity contribution in [2.24, 2.45) is 0 Å². The summed E-state index contributed by atoms with van der Waals surface area (Å²) in [7, 11) is 0. The minimum Gasteiger partial charge on any atom is -0.508 e. The molecule has 0 aliphatic carbocycles. The molecule has 0 aromatic heterocycles. The van der Waals surface area contributed by atoms with Crippen molar-refractivity contribution in [1.82, 2.24) is 4.90 Å². The predicted octanol–water partition coefficient (Wildman–Crippen LogP) is 2.31. The topological polar surface area (TPSA) is 70.0 Å². The zero-order valence-corrected chi connectivity index (χ0v) is 12.0. The van der Waals surface area contributed by atoms with Gasteiger partial charge in [-0.05, 0) is 17.7 Å². The number of carbonyl (C=O) groups excluding carboxylic acids is 1. The molecular formula is C17H17NO4. The molecule has 114 valence electrons. The zero-order valence-electron chi connectivity index (χ0n) is 12.0. The number of phenolic OH excluding ortho intramolecular Hbond substituents is 2. The Balaban J connectivity index is 1.92. The lowest BCUT2D eigenvalue weighted by Gasteiger charge is -2.36. The molecule has 1 amide bonds. The van der Waals surface area contributed by atoms with Gasteiger partial charge in [-0.2, -0.15) is 0 Å². The van der Waals surface area contributed by atoms with Crippen LogP contribution in [0.2, 0.25) is 0 Å². The van der Waals surface area contributed by atoms with E-state index < -0.39 is 0 Å². The molecule has 1 saturated heterocycles. The van der Waals surface area contributed by atoms with Crippen molar-refractivity contribution in [3.63, 3.8) is 0 Å². The summed E-state index contributed by atoms with van der Waals surface area (Å²) in [5.41, 5.74) is 1.18. The number of rotatable bonds is 2. The number of ether oxygens (including phenoxy) is 1. The van der Waals surface area contributed by atoms with Gasteiger partial charge in [-0.25, -0.2) is 0 Å². The van der Waals surface area contributed by atoms with Crippen LogP contribution in [0.3, 0.4) is 0 Å². The lowest BCUT2D eigenvalue weighted by atomic mass is 10.0. The molecule has 1 aliphatic heterocycles. The Morgan fingerprint density at radius 1 is 1.14 bits per heavy atom. The lowest BCUT2D eigenvalue weighted by molar-refractivity contribution is -0.00283. The number of benzene rings is 2. The Hall–Kier alpha value is -2.53. The Morgan fingerprint density at radius 2 is 1.91 bits per heavy atom. The highest BCUT2D eigenvalue weighted by Gasteiger charge is 2.30. The molecule has 5 nitrogen and oxygen atoms in total. The summed E-state index contributed by atoms with van der Waals surface area (Å²) in [5.74, 6) is -0.561. The van der Waals surface area contributed by atoms with E-state index in [0.29, 0.717) is 19.8 Å². The van der Waals surface area contributed by atoms with Crippen molar-refractivity contribution in [3.8, 4) is 11.5 Å². The first-order valence-electron chi connectivity index (χ1n) is 7.12. The van der Waals surface area contributed by atoms with Crippen LogP contribution in [-0.4, -0.2) is 40.8 Å². The maximum Gasteiger partial charge on any atom is 0.258 e. The van der Waals surface area contributed by atoms with Crippen LogP contribution in [0.5, 0.6) is 11.5 Å². The summed E-state index contributed by atoms with van der Waals surface area (Å²) in [6.07, 6.45) is 0. The highest BCUT2D eigenvalue weighted by molar-refractivity contribution is 5.97. The first kappa shape index (κ1) is 14.4. The Kier molecular flexibility index (Phi) is 3.98. The minimum absolute atomic E-state index is 0.0735. The Morgan fingerprint density at radius 3 is 2.64 bits per heavy atom. The van der Waals surface area contributed by atoms with Crippen molar-refractivity contribution in [2.75, 3.05) is 19.8 Å². The number of amides is 1. The van der Waals surface area contributed by atoms with Gasteiger partial charge in [0.1, 0.15) is 11.5 Å². The second-order valence-electron chi connectivity index (χ2n) is 5.20. The monoisotopic (exact) mass is 299 g/mol. The standard InChI is InChI=1S/C17H17NO4/c19-13-6-7-14(16(20)10-13)17(21)18-8-9-22-11-15(18)12-4-2-1-3-5-12/h1-7,10,15,19-20H,8-9,11H2/t15-/m1/s1. The molecule has 1 aliphatic rings. The van der Waals surface area contributed by atoms with E-state index >= 15 is 0 Å². The number of aromatic hydroxyl groups is 2. The fraction of sp³-hybridized carbons (Fsp3) is 0.235. The van der Waals surface area contributed by atoms with Gasteiger partial charge in [0.2, 0.25) is 0 Å². The van der Waals surface area contributed by atoms with Crippen molar-refractivity contribution < 1.29 is 19.7 Å². The summed E-state index contributed by atoms with van der Waals surface area (Å²) in [6, 6.07) is 13.5. The van der Waals surface area contributed by atoms with Gasteiger partial charge in [0.25, 0.3) is 5.91 Å². The van der Waals surface area contributed by atoms with E-state index in [4.69, 9.17) is 4.74 Å². The molecule has 0 radical (unpaired) electrons. The van der Waals surface area contributed by atoms with Crippen LogP contribution in [0, 0.1) is 0 Å². The lowest BCUT2D eigenvalue weighted by Crippen LogP contribution is -2.43. The highest BCUT2D eigenvalue weighted by atomic mass is 16.5. The summed E-state index contributed by atoms with van der Waals surface area (Å²) in [5, 5.41) is 19.3. The van der Waals surface area contributed by atoms with Crippen LogP contribution in [0.25, 0.3) is 0 Å². The van der Waals surface area contributed by atoms with Gasteiger partial charge < -0.3 is 19.8 Å².